The largest absolute Gasteiger partial charge is 0.294 e. The van der Waals surface area contributed by atoms with Gasteiger partial charge in [-0.1, -0.05) is 11.8 Å². The molecule has 0 heterocycles. The summed E-state index contributed by atoms with van der Waals surface area (Å²) in [6, 6.07) is 5.78. The van der Waals surface area contributed by atoms with Crippen LogP contribution in [0.5, 0.6) is 0 Å². The standard InChI is InChI=1S/C6H5O3PS2/c7-12(8,9)6-3-1-5(10-11)2-4-6/h1-4H,(H,7,8,9). The van der Waals surface area contributed by atoms with Gasteiger partial charge in [-0.2, -0.15) is 8.42 Å². The zero-order valence-electron chi connectivity index (χ0n) is 5.84. The molecule has 0 aliphatic carbocycles. The van der Waals surface area contributed by atoms with E-state index in [9.17, 15) is 8.42 Å². The predicted molar refractivity (Wildman–Crippen MR) is 50.2 cm³/mol. The van der Waals surface area contributed by atoms with E-state index in [0.717, 1.165) is 5.30 Å². The maximum Gasteiger partial charge on any atom is 0.294 e. The van der Waals surface area contributed by atoms with Crippen molar-refractivity contribution in [1.29, 1.82) is 0 Å². The Labute approximate surface area is 77.0 Å². The minimum absolute atomic E-state index is 0.107. The summed E-state index contributed by atoms with van der Waals surface area (Å²) in [7, 11) is -3.41. The lowest BCUT2D eigenvalue weighted by atomic mass is 10.4. The van der Waals surface area contributed by atoms with Crippen molar-refractivity contribution in [2.75, 3.05) is 0 Å². The van der Waals surface area contributed by atoms with E-state index in [1.54, 1.807) is 12.1 Å². The molecule has 0 aliphatic heterocycles. The fourth-order valence-electron chi connectivity index (χ4n) is 0.679. The molecule has 12 heavy (non-hydrogen) atoms. The maximum atomic E-state index is 10.6. The van der Waals surface area contributed by atoms with Gasteiger partial charge in [0.15, 0.2) is 0 Å². The van der Waals surface area contributed by atoms with Crippen LogP contribution in [0.3, 0.4) is 0 Å². The number of hydrogen-bond donors (Lipinski definition) is 1. The first-order valence-corrected chi connectivity index (χ1v) is 6.30. The van der Waals surface area contributed by atoms with Crippen LogP contribution in [-0.4, -0.2) is 13.0 Å². The molecule has 0 bridgehead atoms. The van der Waals surface area contributed by atoms with Gasteiger partial charge in [0, 0.05) is 12.7 Å². The van der Waals surface area contributed by atoms with Crippen molar-refractivity contribution >= 4 is 34.6 Å². The quantitative estimate of drug-likeness (QED) is 0.596. The van der Waals surface area contributed by atoms with Gasteiger partial charge in [-0.05, 0) is 24.3 Å². The van der Waals surface area contributed by atoms with Gasteiger partial charge in [0.05, 0.1) is 4.90 Å². The molecular weight excluding hydrogens is 215 g/mol. The molecule has 0 spiro atoms. The van der Waals surface area contributed by atoms with Gasteiger partial charge in [-0.25, -0.2) is 0 Å². The summed E-state index contributed by atoms with van der Waals surface area (Å²) in [4.78, 5) is -0.107. The van der Waals surface area contributed by atoms with Crippen LogP contribution >= 0.6 is 7.36 Å². The molecular formula is C6H5O3PS2. The van der Waals surface area contributed by atoms with Crippen molar-refractivity contribution in [3.63, 3.8) is 0 Å². The number of benzene rings is 1. The van der Waals surface area contributed by atoms with E-state index in [1.165, 1.54) is 12.1 Å². The lowest BCUT2D eigenvalue weighted by Crippen LogP contribution is -1.99. The molecule has 1 aromatic rings. The van der Waals surface area contributed by atoms with Crippen molar-refractivity contribution in [3.8, 4) is 0 Å². The Hall–Kier alpha value is -0.350. The van der Waals surface area contributed by atoms with E-state index >= 15 is 0 Å². The molecule has 0 radical (unpaired) electrons. The summed E-state index contributed by atoms with van der Waals surface area (Å²) in [6.45, 7) is 0. The molecule has 0 unspecified atom stereocenters. The summed E-state index contributed by atoms with van der Waals surface area (Å²) in [5, 5.41) is 0.831. The highest BCUT2D eigenvalue weighted by molar-refractivity contribution is 7.99. The monoisotopic (exact) mass is 220 g/mol. The molecule has 1 rings (SSSR count). The van der Waals surface area contributed by atoms with Gasteiger partial charge in [0.2, 0.25) is 0 Å². The van der Waals surface area contributed by atoms with Crippen molar-refractivity contribution in [2.45, 2.75) is 4.90 Å². The van der Waals surface area contributed by atoms with Crippen LogP contribution in [0.25, 0.3) is 0 Å². The molecule has 0 fully saturated rings. The first kappa shape index (κ1) is 9.74. The fourth-order valence-corrected chi connectivity index (χ4v) is 1.79. The fraction of sp³-hybridized carbons (Fsp3) is 0. The Morgan fingerprint density at radius 2 is 1.75 bits per heavy atom. The number of rotatable bonds is 2. The van der Waals surface area contributed by atoms with Crippen molar-refractivity contribution < 1.29 is 13.0 Å². The van der Waals surface area contributed by atoms with Crippen LogP contribution < -0.4 is 5.30 Å². The van der Waals surface area contributed by atoms with E-state index in [-0.39, 0.29) is 4.90 Å². The normalized spacial score (nSPS) is 11.8. The van der Waals surface area contributed by atoms with E-state index in [2.05, 4.69) is 0 Å². The maximum absolute atomic E-state index is 10.6. The number of hydrogen-bond acceptors (Lipinski definition) is 3. The Bertz CT molecular complexity index is 382. The second-order valence-corrected chi connectivity index (χ2v) is 4.73. The zero-order chi connectivity index (χ0) is 9.19. The summed E-state index contributed by atoms with van der Waals surface area (Å²) >= 11 is 4.72. The third-order valence-electron chi connectivity index (χ3n) is 1.24. The SMILES string of the molecule is O=S(=O)(O)c1ccc(P=S)cc1. The van der Waals surface area contributed by atoms with Gasteiger partial charge in [0.1, 0.15) is 0 Å². The van der Waals surface area contributed by atoms with Gasteiger partial charge < -0.3 is 0 Å². The Kier molecular flexibility index (Phi) is 2.90. The Balaban J connectivity index is 3.17. The lowest BCUT2D eigenvalue weighted by Gasteiger charge is -1.95. The van der Waals surface area contributed by atoms with E-state index in [1.807, 2.05) is 0 Å². The second kappa shape index (κ2) is 3.58. The molecule has 64 valence electrons. The molecule has 0 saturated carbocycles. The van der Waals surface area contributed by atoms with Crippen LogP contribution in [0, 0.1) is 0 Å². The molecule has 0 aromatic heterocycles. The van der Waals surface area contributed by atoms with Gasteiger partial charge in [0.25, 0.3) is 10.1 Å². The van der Waals surface area contributed by atoms with Gasteiger partial charge in [-0.15, -0.1) is 0 Å². The molecule has 0 atom stereocenters. The molecule has 6 heteroatoms. The van der Waals surface area contributed by atoms with Crippen LogP contribution in [0.2, 0.25) is 0 Å². The highest BCUT2D eigenvalue weighted by Gasteiger charge is 2.07. The van der Waals surface area contributed by atoms with Crippen molar-refractivity contribution in [2.24, 2.45) is 0 Å². The van der Waals surface area contributed by atoms with Gasteiger partial charge >= 0.3 is 0 Å². The average molecular weight is 220 g/mol. The van der Waals surface area contributed by atoms with Crippen LogP contribution in [0.15, 0.2) is 29.2 Å². The predicted octanol–water partition coefficient (Wildman–Crippen LogP) is 0.967. The van der Waals surface area contributed by atoms with E-state index in [4.69, 9.17) is 16.4 Å². The minimum Gasteiger partial charge on any atom is -0.282 e. The van der Waals surface area contributed by atoms with Crippen molar-refractivity contribution in [3.05, 3.63) is 24.3 Å². The van der Waals surface area contributed by atoms with E-state index in [0.29, 0.717) is 7.36 Å². The average Bonchev–Trinajstić information content (AvgIpc) is 2.03. The molecule has 3 nitrogen and oxygen atoms in total. The third-order valence-corrected chi connectivity index (χ3v) is 3.25. The van der Waals surface area contributed by atoms with Crippen molar-refractivity contribution in [1.82, 2.24) is 0 Å². The molecule has 0 saturated heterocycles. The smallest absolute Gasteiger partial charge is 0.282 e. The zero-order valence-corrected chi connectivity index (χ0v) is 8.36. The molecule has 0 aliphatic rings. The first-order valence-electron chi connectivity index (χ1n) is 2.95. The summed E-state index contributed by atoms with van der Waals surface area (Å²) in [5.41, 5.74) is 0. The summed E-state index contributed by atoms with van der Waals surface area (Å²) in [6.07, 6.45) is 0. The minimum atomic E-state index is -4.06. The Morgan fingerprint density at radius 3 is 2.08 bits per heavy atom. The first-order chi connectivity index (χ1) is 5.54. The van der Waals surface area contributed by atoms with Crippen LogP contribution in [0.4, 0.5) is 0 Å². The van der Waals surface area contributed by atoms with E-state index < -0.39 is 10.1 Å². The second-order valence-electron chi connectivity index (χ2n) is 2.06. The molecule has 0 amide bonds. The van der Waals surface area contributed by atoms with Crippen LogP contribution in [-0.2, 0) is 21.9 Å². The molecule has 1 N–H and O–H groups in total. The molecule has 1 aromatic carbocycles. The topological polar surface area (TPSA) is 54.4 Å². The summed E-state index contributed by atoms with van der Waals surface area (Å²) in [5.74, 6) is 0. The van der Waals surface area contributed by atoms with Crippen LogP contribution in [0.1, 0.15) is 0 Å². The Morgan fingerprint density at radius 1 is 1.25 bits per heavy atom. The third kappa shape index (κ3) is 2.32. The van der Waals surface area contributed by atoms with Gasteiger partial charge in [-0.3, -0.25) is 4.55 Å². The summed E-state index contributed by atoms with van der Waals surface area (Å²) < 4.78 is 29.7. The highest BCUT2D eigenvalue weighted by atomic mass is 32.4. The highest BCUT2D eigenvalue weighted by Crippen LogP contribution is 2.07. The lowest BCUT2D eigenvalue weighted by molar-refractivity contribution is 0.483.